The van der Waals surface area contributed by atoms with Gasteiger partial charge in [-0.15, -0.1) is 21.5 Å². The second kappa shape index (κ2) is 6.31. The molecule has 110 valence electrons. The Morgan fingerprint density at radius 3 is 2.71 bits per heavy atom. The van der Waals surface area contributed by atoms with Gasteiger partial charge in [-0.05, 0) is 24.3 Å². The Morgan fingerprint density at radius 1 is 1.29 bits per heavy atom. The molecule has 2 amide bonds. The number of nitrogens with zero attached hydrogens (tertiary/aromatic N) is 3. The fourth-order valence-corrected chi connectivity index (χ4v) is 3.47. The van der Waals surface area contributed by atoms with Crippen molar-refractivity contribution in [2.24, 2.45) is 5.92 Å². The minimum atomic E-state index is -0.0683. The lowest BCUT2D eigenvalue weighted by atomic mass is 9.96. The minimum absolute atomic E-state index is 0.0324. The van der Waals surface area contributed by atoms with Crippen LogP contribution in [0.1, 0.15) is 22.5 Å². The van der Waals surface area contributed by atoms with Crippen LogP contribution in [0.25, 0.3) is 0 Å². The number of carbonyl (C=O) groups is 2. The lowest BCUT2D eigenvalue weighted by Gasteiger charge is -2.30. The molecule has 1 saturated heterocycles. The first-order valence-electron chi connectivity index (χ1n) is 6.64. The van der Waals surface area contributed by atoms with Gasteiger partial charge >= 0.3 is 0 Å². The van der Waals surface area contributed by atoms with E-state index < -0.39 is 0 Å². The summed E-state index contributed by atoms with van der Waals surface area (Å²) in [4.78, 5) is 26.9. The van der Waals surface area contributed by atoms with Gasteiger partial charge in [-0.25, -0.2) is 0 Å². The number of nitrogens with one attached hydrogen (secondary N) is 1. The maximum atomic E-state index is 12.2. The number of aromatic nitrogens is 2. The van der Waals surface area contributed by atoms with Crippen molar-refractivity contribution in [3.05, 3.63) is 27.9 Å². The molecular formula is C13H14N4O2S2. The van der Waals surface area contributed by atoms with E-state index in [-0.39, 0.29) is 17.7 Å². The van der Waals surface area contributed by atoms with Crippen molar-refractivity contribution in [1.82, 2.24) is 15.1 Å². The molecule has 8 heteroatoms. The molecule has 3 heterocycles. The molecule has 2 aromatic heterocycles. The smallest absolute Gasteiger partial charge is 0.263 e. The second-order valence-electron chi connectivity index (χ2n) is 4.78. The number of anilines is 1. The Morgan fingerprint density at radius 2 is 2.10 bits per heavy atom. The number of hydrogen-bond donors (Lipinski definition) is 1. The van der Waals surface area contributed by atoms with Crippen molar-refractivity contribution in [2.45, 2.75) is 12.8 Å². The van der Waals surface area contributed by atoms with Crippen LogP contribution in [0.15, 0.2) is 23.0 Å². The monoisotopic (exact) mass is 322 g/mol. The van der Waals surface area contributed by atoms with E-state index in [1.807, 2.05) is 22.4 Å². The standard InChI is InChI=1S/C13H14N4O2S2/c18-11(15-13-16-14-8-21-13)9-3-5-17(6-4-9)12(19)10-2-1-7-20-10/h1-2,7-9H,3-6H2,(H,15,16,18). The van der Waals surface area contributed by atoms with Gasteiger partial charge in [0.2, 0.25) is 11.0 Å². The highest BCUT2D eigenvalue weighted by atomic mass is 32.1. The third-order valence-corrected chi connectivity index (χ3v) is 4.94. The number of likely N-dealkylation sites (tertiary alicyclic amines) is 1. The van der Waals surface area contributed by atoms with Gasteiger partial charge in [0.25, 0.3) is 5.91 Å². The second-order valence-corrected chi connectivity index (χ2v) is 6.56. The van der Waals surface area contributed by atoms with Crippen LogP contribution in [-0.2, 0) is 4.79 Å². The minimum Gasteiger partial charge on any atom is -0.338 e. The predicted molar refractivity (Wildman–Crippen MR) is 81.5 cm³/mol. The Kier molecular flexibility index (Phi) is 4.26. The van der Waals surface area contributed by atoms with E-state index in [0.717, 1.165) is 4.88 Å². The molecule has 1 fully saturated rings. The molecule has 6 nitrogen and oxygen atoms in total. The Bertz CT molecular complexity index is 604. The zero-order valence-electron chi connectivity index (χ0n) is 11.2. The van der Waals surface area contributed by atoms with E-state index >= 15 is 0 Å². The molecule has 0 radical (unpaired) electrons. The molecule has 1 N–H and O–H groups in total. The topological polar surface area (TPSA) is 75.2 Å². The highest BCUT2D eigenvalue weighted by molar-refractivity contribution is 7.13. The summed E-state index contributed by atoms with van der Waals surface area (Å²) in [6.07, 6.45) is 1.36. The molecular weight excluding hydrogens is 308 g/mol. The van der Waals surface area contributed by atoms with Gasteiger partial charge in [-0.1, -0.05) is 17.4 Å². The van der Waals surface area contributed by atoms with Gasteiger partial charge in [0.1, 0.15) is 5.51 Å². The van der Waals surface area contributed by atoms with Crippen molar-refractivity contribution < 1.29 is 9.59 Å². The van der Waals surface area contributed by atoms with Gasteiger partial charge in [-0.2, -0.15) is 0 Å². The third-order valence-electron chi connectivity index (χ3n) is 3.48. The maximum absolute atomic E-state index is 12.2. The summed E-state index contributed by atoms with van der Waals surface area (Å²) in [7, 11) is 0. The molecule has 21 heavy (non-hydrogen) atoms. The van der Waals surface area contributed by atoms with Crippen LogP contribution in [0.5, 0.6) is 0 Å². The average Bonchev–Trinajstić information content (AvgIpc) is 3.20. The van der Waals surface area contributed by atoms with Gasteiger partial charge < -0.3 is 10.2 Å². The molecule has 0 aromatic carbocycles. The number of rotatable bonds is 3. The summed E-state index contributed by atoms with van der Waals surface area (Å²) >= 11 is 2.75. The van der Waals surface area contributed by atoms with Gasteiger partial charge in [0.15, 0.2) is 0 Å². The summed E-state index contributed by atoms with van der Waals surface area (Å²) in [5, 5.41) is 12.7. The average molecular weight is 322 g/mol. The normalized spacial score (nSPS) is 15.9. The van der Waals surface area contributed by atoms with Crippen LogP contribution in [0.2, 0.25) is 0 Å². The Labute approximate surface area is 129 Å². The molecule has 1 aliphatic heterocycles. The molecule has 0 bridgehead atoms. The first-order chi connectivity index (χ1) is 10.2. The molecule has 0 saturated carbocycles. The molecule has 0 atom stereocenters. The van der Waals surface area contributed by atoms with Crippen LogP contribution < -0.4 is 5.32 Å². The van der Waals surface area contributed by atoms with Crippen molar-refractivity contribution in [3.8, 4) is 0 Å². The van der Waals surface area contributed by atoms with E-state index in [0.29, 0.717) is 31.1 Å². The summed E-state index contributed by atoms with van der Waals surface area (Å²) in [5.74, 6) is -0.0377. The van der Waals surface area contributed by atoms with Gasteiger partial charge in [-0.3, -0.25) is 9.59 Å². The summed E-state index contributed by atoms with van der Waals surface area (Å²) in [6.45, 7) is 1.23. The number of carbonyl (C=O) groups excluding carboxylic acids is 2. The van der Waals surface area contributed by atoms with Gasteiger partial charge in [0, 0.05) is 19.0 Å². The lowest BCUT2D eigenvalue weighted by molar-refractivity contribution is -0.121. The van der Waals surface area contributed by atoms with E-state index in [4.69, 9.17) is 0 Å². The van der Waals surface area contributed by atoms with Crippen LogP contribution in [0, 0.1) is 5.92 Å². The quantitative estimate of drug-likeness (QED) is 0.939. The molecule has 1 aliphatic rings. The van der Waals surface area contributed by atoms with Crippen molar-refractivity contribution in [1.29, 1.82) is 0 Å². The number of piperidine rings is 1. The van der Waals surface area contributed by atoms with E-state index in [2.05, 4.69) is 15.5 Å². The van der Waals surface area contributed by atoms with E-state index in [9.17, 15) is 9.59 Å². The van der Waals surface area contributed by atoms with E-state index in [1.165, 1.54) is 22.7 Å². The molecule has 0 unspecified atom stereocenters. The first kappa shape index (κ1) is 14.2. The first-order valence-corrected chi connectivity index (χ1v) is 8.40. The van der Waals surface area contributed by atoms with E-state index in [1.54, 1.807) is 5.51 Å². The van der Waals surface area contributed by atoms with Crippen molar-refractivity contribution in [3.63, 3.8) is 0 Å². The fraction of sp³-hybridized carbons (Fsp3) is 0.385. The predicted octanol–water partition coefficient (Wildman–Crippen LogP) is 2.09. The van der Waals surface area contributed by atoms with Crippen LogP contribution in [0.4, 0.5) is 5.13 Å². The largest absolute Gasteiger partial charge is 0.338 e. The Hall–Kier alpha value is -1.80. The Balaban J connectivity index is 1.53. The highest BCUT2D eigenvalue weighted by Gasteiger charge is 2.28. The zero-order valence-corrected chi connectivity index (χ0v) is 12.8. The van der Waals surface area contributed by atoms with Crippen LogP contribution in [-0.4, -0.2) is 40.0 Å². The molecule has 0 spiro atoms. The zero-order chi connectivity index (χ0) is 14.7. The van der Waals surface area contributed by atoms with Crippen LogP contribution >= 0.6 is 22.7 Å². The number of amides is 2. The summed E-state index contributed by atoms with van der Waals surface area (Å²) in [5.41, 5.74) is 1.58. The maximum Gasteiger partial charge on any atom is 0.263 e. The van der Waals surface area contributed by atoms with Crippen molar-refractivity contribution in [2.75, 3.05) is 18.4 Å². The highest BCUT2D eigenvalue weighted by Crippen LogP contribution is 2.22. The number of hydrogen-bond acceptors (Lipinski definition) is 6. The van der Waals surface area contributed by atoms with Crippen LogP contribution in [0.3, 0.4) is 0 Å². The molecule has 3 rings (SSSR count). The lowest BCUT2D eigenvalue weighted by Crippen LogP contribution is -2.41. The van der Waals surface area contributed by atoms with Crippen molar-refractivity contribution >= 4 is 39.6 Å². The summed E-state index contributed by atoms with van der Waals surface area (Å²) in [6, 6.07) is 3.71. The SMILES string of the molecule is O=C(Nc1nncs1)C1CCN(C(=O)c2cccs2)CC1. The molecule has 0 aliphatic carbocycles. The third kappa shape index (κ3) is 3.27. The number of thiophene rings is 1. The van der Waals surface area contributed by atoms with Gasteiger partial charge in [0.05, 0.1) is 4.88 Å². The fourth-order valence-electron chi connectivity index (χ4n) is 2.34. The molecule has 2 aromatic rings. The summed E-state index contributed by atoms with van der Waals surface area (Å²) < 4.78 is 0.